The molecule has 0 aliphatic carbocycles. The summed E-state index contributed by atoms with van der Waals surface area (Å²) >= 11 is 3.28. The van der Waals surface area contributed by atoms with E-state index in [1.807, 2.05) is 48.5 Å². The van der Waals surface area contributed by atoms with E-state index in [4.69, 9.17) is 0 Å². The quantitative estimate of drug-likeness (QED) is 0.733. The predicted molar refractivity (Wildman–Crippen MR) is 81.7 cm³/mol. The first-order valence-corrected chi connectivity index (χ1v) is 7.84. The Labute approximate surface area is 120 Å². The van der Waals surface area contributed by atoms with Gasteiger partial charge in [-0.15, -0.1) is 11.3 Å². The van der Waals surface area contributed by atoms with E-state index in [0.29, 0.717) is 5.75 Å². The molecular weight excluding hydrogens is 274 g/mol. The Hall–Kier alpha value is -1.36. The number of aliphatic hydroxyl groups excluding tert-OH is 1. The zero-order valence-corrected chi connectivity index (χ0v) is 11.8. The van der Waals surface area contributed by atoms with Crippen molar-refractivity contribution in [3.8, 4) is 0 Å². The zero-order chi connectivity index (χ0) is 13.1. The van der Waals surface area contributed by atoms with Crippen LogP contribution >= 0.6 is 23.1 Å². The molecule has 96 valence electrons. The Morgan fingerprint density at radius 3 is 2.58 bits per heavy atom. The van der Waals surface area contributed by atoms with Crippen molar-refractivity contribution in [2.75, 3.05) is 5.75 Å². The molecule has 0 aliphatic heterocycles. The van der Waals surface area contributed by atoms with Crippen LogP contribution in [0, 0.1) is 0 Å². The van der Waals surface area contributed by atoms with E-state index in [1.165, 1.54) is 4.70 Å². The Balaban J connectivity index is 1.69. The van der Waals surface area contributed by atoms with Crippen LogP contribution in [-0.2, 0) is 0 Å². The molecular formula is C15H13NOS2. The van der Waals surface area contributed by atoms with Crippen LogP contribution < -0.4 is 0 Å². The van der Waals surface area contributed by atoms with Crippen molar-refractivity contribution in [1.29, 1.82) is 0 Å². The number of para-hydroxylation sites is 1. The van der Waals surface area contributed by atoms with Gasteiger partial charge in [0.1, 0.15) is 0 Å². The van der Waals surface area contributed by atoms with Crippen LogP contribution in [0.25, 0.3) is 10.2 Å². The van der Waals surface area contributed by atoms with Gasteiger partial charge in [-0.1, -0.05) is 54.2 Å². The lowest BCUT2D eigenvalue weighted by molar-refractivity contribution is 0.204. The van der Waals surface area contributed by atoms with Crippen molar-refractivity contribution >= 4 is 33.3 Å². The Bertz CT molecular complexity index is 633. The summed E-state index contributed by atoms with van der Waals surface area (Å²) < 4.78 is 2.20. The molecule has 0 fully saturated rings. The molecule has 19 heavy (non-hydrogen) atoms. The number of thioether (sulfide) groups is 1. The summed E-state index contributed by atoms with van der Waals surface area (Å²) in [7, 11) is 0. The molecule has 0 saturated heterocycles. The molecule has 2 aromatic carbocycles. The van der Waals surface area contributed by atoms with Gasteiger partial charge in [0.05, 0.1) is 16.3 Å². The third-order valence-electron chi connectivity index (χ3n) is 2.82. The lowest BCUT2D eigenvalue weighted by Crippen LogP contribution is -1.99. The lowest BCUT2D eigenvalue weighted by Gasteiger charge is -2.08. The smallest absolute Gasteiger partial charge is 0.151 e. The Morgan fingerprint density at radius 1 is 1.05 bits per heavy atom. The van der Waals surface area contributed by atoms with Crippen molar-refractivity contribution in [1.82, 2.24) is 4.98 Å². The monoisotopic (exact) mass is 287 g/mol. The minimum atomic E-state index is -0.446. The van der Waals surface area contributed by atoms with Crippen LogP contribution in [0.15, 0.2) is 58.9 Å². The molecule has 0 saturated carbocycles. The number of aliphatic hydroxyl groups is 1. The number of benzene rings is 2. The molecule has 4 heteroatoms. The number of aromatic nitrogens is 1. The molecule has 0 bridgehead atoms. The van der Waals surface area contributed by atoms with Crippen LogP contribution in [0.5, 0.6) is 0 Å². The molecule has 0 aliphatic rings. The number of hydrogen-bond acceptors (Lipinski definition) is 4. The fourth-order valence-electron chi connectivity index (χ4n) is 1.83. The van der Waals surface area contributed by atoms with Crippen LogP contribution in [0.1, 0.15) is 11.7 Å². The van der Waals surface area contributed by atoms with E-state index in [2.05, 4.69) is 11.1 Å². The molecule has 1 N–H and O–H groups in total. The highest BCUT2D eigenvalue weighted by atomic mass is 32.2. The van der Waals surface area contributed by atoms with Crippen molar-refractivity contribution in [2.45, 2.75) is 10.4 Å². The van der Waals surface area contributed by atoms with E-state index < -0.39 is 6.10 Å². The number of rotatable bonds is 4. The summed E-state index contributed by atoms with van der Waals surface area (Å²) in [5.41, 5.74) is 1.99. The summed E-state index contributed by atoms with van der Waals surface area (Å²) in [6, 6.07) is 17.9. The van der Waals surface area contributed by atoms with Crippen LogP contribution in [-0.4, -0.2) is 15.8 Å². The van der Waals surface area contributed by atoms with Gasteiger partial charge in [0, 0.05) is 5.75 Å². The van der Waals surface area contributed by atoms with Gasteiger partial charge >= 0.3 is 0 Å². The lowest BCUT2D eigenvalue weighted by atomic mass is 10.1. The molecule has 1 unspecified atom stereocenters. The molecule has 2 nitrogen and oxygen atoms in total. The van der Waals surface area contributed by atoms with E-state index in [1.54, 1.807) is 23.1 Å². The summed E-state index contributed by atoms with van der Waals surface area (Å²) in [5.74, 6) is 0.629. The molecule has 0 amide bonds. The minimum absolute atomic E-state index is 0.446. The topological polar surface area (TPSA) is 33.1 Å². The maximum atomic E-state index is 10.1. The van der Waals surface area contributed by atoms with Gasteiger partial charge in [-0.25, -0.2) is 4.98 Å². The number of fused-ring (bicyclic) bond motifs is 1. The number of hydrogen-bond donors (Lipinski definition) is 1. The van der Waals surface area contributed by atoms with Gasteiger partial charge in [0.15, 0.2) is 4.34 Å². The van der Waals surface area contributed by atoms with E-state index >= 15 is 0 Å². The fraction of sp³-hybridized carbons (Fsp3) is 0.133. The van der Waals surface area contributed by atoms with Crippen molar-refractivity contribution in [3.63, 3.8) is 0 Å². The SMILES string of the molecule is OC(CSc1nc2ccccc2s1)c1ccccc1. The highest BCUT2D eigenvalue weighted by molar-refractivity contribution is 8.01. The molecule has 1 atom stereocenters. The second-order valence-corrected chi connectivity index (χ2v) is 6.48. The first kappa shape index (κ1) is 12.7. The van der Waals surface area contributed by atoms with Gasteiger partial charge in [-0.05, 0) is 17.7 Å². The summed E-state index contributed by atoms with van der Waals surface area (Å²) in [6.07, 6.45) is -0.446. The van der Waals surface area contributed by atoms with E-state index in [0.717, 1.165) is 15.4 Å². The van der Waals surface area contributed by atoms with Crippen LogP contribution in [0.2, 0.25) is 0 Å². The molecule has 1 aromatic heterocycles. The normalized spacial score (nSPS) is 12.7. The fourth-order valence-corrected chi connectivity index (χ4v) is 3.90. The largest absolute Gasteiger partial charge is 0.388 e. The highest BCUT2D eigenvalue weighted by Crippen LogP contribution is 2.31. The average molecular weight is 287 g/mol. The first-order chi connectivity index (χ1) is 9.33. The summed E-state index contributed by atoms with van der Waals surface area (Å²) in [6.45, 7) is 0. The Kier molecular flexibility index (Phi) is 3.82. The van der Waals surface area contributed by atoms with Gasteiger partial charge in [0.2, 0.25) is 0 Å². The second-order valence-electron chi connectivity index (χ2n) is 4.18. The summed E-state index contributed by atoms with van der Waals surface area (Å²) in [5, 5.41) is 10.1. The van der Waals surface area contributed by atoms with E-state index in [-0.39, 0.29) is 0 Å². The summed E-state index contributed by atoms with van der Waals surface area (Å²) in [4.78, 5) is 4.55. The average Bonchev–Trinajstić information content (AvgIpc) is 2.88. The van der Waals surface area contributed by atoms with Gasteiger partial charge < -0.3 is 5.11 Å². The van der Waals surface area contributed by atoms with Crippen LogP contribution in [0.3, 0.4) is 0 Å². The molecule has 1 heterocycles. The minimum Gasteiger partial charge on any atom is -0.388 e. The van der Waals surface area contributed by atoms with Gasteiger partial charge in [-0.2, -0.15) is 0 Å². The third-order valence-corrected chi connectivity index (χ3v) is 5.08. The maximum Gasteiger partial charge on any atom is 0.151 e. The third kappa shape index (κ3) is 2.97. The Morgan fingerprint density at radius 2 is 1.79 bits per heavy atom. The molecule has 3 rings (SSSR count). The van der Waals surface area contributed by atoms with E-state index in [9.17, 15) is 5.11 Å². The highest BCUT2D eigenvalue weighted by Gasteiger charge is 2.10. The van der Waals surface area contributed by atoms with Crippen molar-refractivity contribution in [2.24, 2.45) is 0 Å². The second kappa shape index (κ2) is 5.74. The van der Waals surface area contributed by atoms with Crippen molar-refractivity contribution < 1.29 is 5.11 Å². The molecule has 0 radical (unpaired) electrons. The van der Waals surface area contributed by atoms with Crippen LogP contribution in [0.4, 0.5) is 0 Å². The van der Waals surface area contributed by atoms with Gasteiger partial charge in [0.25, 0.3) is 0 Å². The standard InChI is InChI=1S/C15H13NOS2/c17-13(11-6-2-1-3-7-11)10-18-15-16-12-8-4-5-9-14(12)19-15/h1-9,13,17H,10H2. The number of nitrogens with zero attached hydrogens (tertiary/aromatic N) is 1. The van der Waals surface area contributed by atoms with Crippen molar-refractivity contribution in [3.05, 3.63) is 60.2 Å². The molecule has 0 spiro atoms. The maximum absolute atomic E-state index is 10.1. The number of thiazole rings is 1. The predicted octanol–water partition coefficient (Wildman–Crippen LogP) is 4.12. The molecule has 3 aromatic rings. The zero-order valence-electron chi connectivity index (χ0n) is 10.2. The van der Waals surface area contributed by atoms with Gasteiger partial charge in [-0.3, -0.25) is 0 Å². The first-order valence-electron chi connectivity index (χ1n) is 6.04.